The Morgan fingerprint density at radius 1 is 1.60 bits per heavy atom. The minimum Gasteiger partial charge on any atom is -0.398 e. The predicted octanol–water partition coefficient (Wildman–Crippen LogP) is 3.05. The molecule has 0 aliphatic rings. The third-order valence-corrected chi connectivity index (χ3v) is 2.85. The van der Waals surface area contributed by atoms with Crippen molar-refractivity contribution in [3.05, 3.63) is 33.3 Å². The van der Waals surface area contributed by atoms with E-state index in [0.717, 1.165) is 5.69 Å². The van der Waals surface area contributed by atoms with Gasteiger partial charge in [0.2, 0.25) is 0 Å². The molecule has 15 heavy (non-hydrogen) atoms. The van der Waals surface area contributed by atoms with E-state index in [1.807, 2.05) is 0 Å². The van der Waals surface area contributed by atoms with Crippen LogP contribution in [0, 0.1) is 10.1 Å². The Morgan fingerprint density at radius 3 is 2.93 bits per heavy atom. The summed E-state index contributed by atoms with van der Waals surface area (Å²) in [5.41, 5.74) is 0.732. The summed E-state index contributed by atoms with van der Waals surface area (Å²) in [7, 11) is 0. The normalized spacial score (nSPS) is 10.5. The lowest BCUT2D eigenvalue weighted by molar-refractivity contribution is -0.401. The number of furan rings is 1. The number of halogens is 1. The lowest BCUT2D eigenvalue weighted by Crippen LogP contribution is -1.82. The van der Waals surface area contributed by atoms with Gasteiger partial charge in [-0.15, -0.1) is 22.9 Å². The minimum atomic E-state index is -0.584. The van der Waals surface area contributed by atoms with Crippen molar-refractivity contribution in [2.75, 3.05) is 0 Å². The first-order valence-electron chi connectivity index (χ1n) is 3.95. The van der Waals surface area contributed by atoms with Gasteiger partial charge in [-0.25, -0.2) is 4.98 Å². The van der Waals surface area contributed by atoms with E-state index in [1.54, 1.807) is 5.38 Å². The topological polar surface area (TPSA) is 69.2 Å². The molecule has 0 N–H and O–H groups in total. The molecule has 0 aliphatic heterocycles. The van der Waals surface area contributed by atoms with E-state index in [1.165, 1.54) is 23.5 Å². The van der Waals surface area contributed by atoms with Crippen molar-refractivity contribution in [3.8, 4) is 10.8 Å². The Hall–Kier alpha value is -1.40. The van der Waals surface area contributed by atoms with Gasteiger partial charge < -0.3 is 4.42 Å². The van der Waals surface area contributed by atoms with Crippen molar-refractivity contribution < 1.29 is 9.34 Å². The first-order valence-corrected chi connectivity index (χ1v) is 5.37. The van der Waals surface area contributed by atoms with Crippen LogP contribution in [0.15, 0.2) is 21.9 Å². The lowest BCUT2D eigenvalue weighted by atomic mass is 10.4. The van der Waals surface area contributed by atoms with Gasteiger partial charge in [-0.3, -0.25) is 10.1 Å². The van der Waals surface area contributed by atoms with Crippen LogP contribution in [0.2, 0.25) is 0 Å². The quantitative estimate of drug-likeness (QED) is 0.473. The second-order valence-electron chi connectivity index (χ2n) is 2.67. The fourth-order valence-electron chi connectivity index (χ4n) is 1.02. The van der Waals surface area contributed by atoms with E-state index < -0.39 is 4.92 Å². The molecule has 2 aromatic heterocycles. The maximum atomic E-state index is 10.4. The van der Waals surface area contributed by atoms with Crippen molar-refractivity contribution in [1.82, 2.24) is 4.98 Å². The summed E-state index contributed by atoms with van der Waals surface area (Å²) >= 11 is 6.93. The highest BCUT2D eigenvalue weighted by molar-refractivity contribution is 7.13. The van der Waals surface area contributed by atoms with E-state index in [-0.39, 0.29) is 5.88 Å². The summed E-state index contributed by atoms with van der Waals surface area (Å²) in [6.07, 6.45) is 0. The standard InChI is InChI=1S/C8H5ClN2O3S/c9-3-5-4-15-8(10-5)6-1-2-7(14-6)11(12)13/h1-2,4H,3H2. The number of alkyl halides is 1. The van der Waals surface area contributed by atoms with Crippen LogP contribution in [0.5, 0.6) is 0 Å². The highest BCUT2D eigenvalue weighted by atomic mass is 35.5. The Kier molecular flexibility index (Phi) is 2.70. The highest BCUT2D eigenvalue weighted by Crippen LogP contribution is 2.28. The van der Waals surface area contributed by atoms with Gasteiger partial charge in [0.05, 0.1) is 17.6 Å². The van der Waals surface area contributed by atoms with Gasteiger partial charge in [-0.1, -0.05) is 0 Å². The molecule has 2 aromatic rings. The van der Waals surface area contributed by atoms with E-state index in [2.05, 4.69) is 4.98 Å². The van der Waals surface area contributed by atoms with Crippen LogP contribution in [0.1, 0.15) is 5.69 Å². The third kappa shape index (κ3) is 2.00. The van der Waals surface area contributed by atoms with Gasteiger partial charge in [0.25, 0.3) is 0 Å². The van der Waals surface area contributed by atoms with Crippen LogP contribution in [-0.2, 0) is 5.88 Å². The summed E-state index contributed by atoms with van der Waals surface area (Å²) < 4.78 is 4.99. The second-order valence-corrected chi connectivity index (χ2v) is 3.80. The fraction of sp³-hybridized carbons (Fsp3) is 0.125. The molecule has 0 atom stereocenters. The third-order valence-electron chi connectivity index (χ3n) is 1.67. The number of aromatic nitrogens is 1. The molecule has 0 bridgehead atoms. The Balaban J connectivity index is 2.32. The summed E-state index contributed by atoms with van der Waals surface area (Å²) in [6, 6.07) is 2.83. The summed E-state index contributed by atoms with van der Waals surface area (Å²) in [5, 5.41) is 12.8. The molecule has 0 unspecified atom stereocenters. The molecule has 5 nitrogen and oxygen atoms in total. The van der Waals surface area contributed by atoms with E-state index in [0.29, 0.717) is 16.6 Å². The predicted molar refractivity (Wildman–Crippen MR) is 56.0 cm³/mol. The molecule has 2 heterocycles. The van der Waals surface area contributed by atoms with Crippen LogP contribution in [0.4, 0.5) is 5.88 Å². The first-order chi connectivity index (χ1) is 7.20. The van der Waals surface area contributed by atoms with Crippen LogP contribution in [0.3, 0.4) is 0 Å². The SMILES string of the molecule is O=[N+]([O-])c1ccc(-c2nc(CCl)cs2)o1. The molecule has 0 radical (unpaired) electrons. The van der Waals surface area contributed by atoms with E-state index >= 15 is 0 Å². The number of hydrogen-bond donors (Lipinski definition) is 0. The molecule has 78 valence electrons. The average Bonchev–Trinajstić information content (AvgIpc) is 2.86. The summed E-state index contributed by atoms with van der Waals surface area (Å²) in [5.74, 6) is 0.426. The molecule has 7 heteroatoms. The average molecular weight is 245 g/mol. The molecule has 0 saturated carbocycles. The van der Waals surface area contributed by atoms with Crippen LogP contribution in [0.25, 0.3) is 10.8 Å². The number of rotatable bonds is 3. The summed E-state index contributed by atoms with van der Waals surface area (Å²) in [4.78, 5) is 13.9. The van der Waals surface area contributed by atoms with Gasteiger partial charge >= 0.3 is 5.88 Å². The molecule has 0 fully saturated rings. The van der Waals surface area contributed by atoms with Crippen molar-refractivity contribution in [2.45, 2.75) is 5.88 Å². The number of thiazole rings is 1. The maximum Gasteiger partial charge on any atom is 0.433 e. The Labute approximate surface area is 93.5 Å². The molecule has 0 saturated heterocycles. The molecule has 0 spiro atoms. The molecule has 0 aromatic carbocycles. The summed E-state index contributed by atoms with van der Waals surface area (Å²) in [6.45, 7) is 0. The minimum absolute atomic E-state index is 0.285. The van der Waals surface area contributed by atoms with Crippen LogP contribution >= 0.6 is 22.9 Å². The zero-order chi connectivity index (χ0) is 10.8. The van der Waals surface area contributed by atoms with Gasteiger partial charge in [0, 0.05) is 5.38 Å². The van der Waals surface area contributed by atoms with E-state index in [9.17, 15) is 10.1 Å². The molecular weight excluding hydrogens is 240 g/mol. The molecule has 0 aliphatic carbocycles. The van der Waals surface area contributed by atoms with Gasteiger partial charge in [0.1, 0.15) is 4.92 Å². The van der Waals surface area contributed by atoms with E-state index in [4.69, 9.17) is 16.0 Å². The highest BCUT2D eigenvalue weighted by Gasteiger charge is 2.15. The number of nitro groups is 1. The van der Waals surface area contributed by atoms with Crippen LogP contribution < -0.4 is 0 Å². The monoisotopic (exact) mass is 244 g/mol. The lowest BCUT2D eigenvalue weighted by Gasteiger charge is -1.86. The fourth-order valence-corrected chi connectivity index (χ4v) is 2.03. The largest absolute Gasteiger partial charge is 0.433 e. The Morgan fingerprint density at radius 2 is 2.40 bits per heavy atom. The zero-order valence-corrected chi connectivity index (χ0v) is 8.92. The van der Waals surface area contributed by atoms with Gasteiger partial charge in [-0.2, -0.15) is 0 Å². The number of nitrogens with zero attached hydrogens (tertiary/aromatic N) is 2. The number of hydrogen-bond acceptors (Lipinski definition) is 5. The smallest absolute Gasteiger partial charge is 0.398 e. The maximum absolute atomic E-state index is 10.4. The van der Waals surface area contributed by atoms with Crippen molar-refractivity contribution in [2.24, 2.45) is 0 Å². The molecular formula is C8H5ClN2O3S. The van der Waals surface area contributed by atoms with Crippen LogP contribution in [-0.4, -0.2) is 9.91 Å². The molecule has 2 rings (SSSR count). The van der Waals surface area contributed by atoms with Gasteiger partial charge in [0.15, 0.2) is 10.8 Å². The van der Waals surface area contributed by atoms with Crippen molar-refractivity contribution in [3.63, 3.8) is 0 Å². The first kappa shape index (κ1) is 10.1. The zero-order valence-electron chi connectivity index (χ0n) is 7.34. The van der Waals surface area contributed by atoms with Gasteiger partial charge in [-0.05, 0) is 6.07 Å². The molecule has 0 amide bonds. The van der Waals surface area contributed by atoms with Crippen molar-refractivity contribution >= 4 is 28.8 Å². The second kappa shape index (κ2) is 4.00. The van der Waals surface area contributed by atoms with Crippen molar-refractivity contribution in [1.29, 1.82) is 0 Å². The Bertz CT molecular complexity index is 494.